The Hall–Kier alpha value is -4.44. The van der Waals surface area contributed by atoms with E-state index in [-0.39, 0.29) is 37.1 Å². The summed E-state index contributed by atoms with van der Waals surface area (Å²) in [5, 5.41) is 16.1. The predicted molar refractivity (Wildman–Crippen MR) is 145 cm³/mol. The van der Waals surface area contributed by atoms with E-state index < -0.39 is 28.8 Å². The average molecular weight is 534 g/mol. The summed E-state index contributed by atoms with van der Waals surface area (Å²) < 4.78 is 16.6. The predicted octanol–water partition coefficient (Wildman–Crippen LogP) is 5.41. The third-order valence-corrected chi connectivity index (χ3v) is 6.13. The number of benzene rings is 3. The van der Waals surface area contributed by atoms with Gasteiger partial charge in [-0.1, -0.05) is 48.5 Å². The van der Waals surface area contributed by atoms with Gasteiger partial charge in [0.15, 0.2) is 0 Å². The van der Waals surface area contributed by atoms with Gasteiger partial charge in [-0.3, -0.25) is 10.1 Å². The van der Waals surface area contributed by atoms with E-state index in [1.54, 1.807) is 0 Å². The summed E-state index contributed by atoms with van der Waals surface area (Å²) in [6.07, 6.45) is -1.41. The van der Waals surface area contributed by atoms with Crippen molar-refractivity contribution in [3.05, 3.63) is 94.0 Å². The second-order valence-electron chi connectivity index (χ2n) is 10.1. The Kier molecular flexibility index (Phi) is 8.46. The summed E-state index contributed by atoms with van der Waals surface area (Å²) >= 11 is 0. The molecule has 3 aromatic carbocycles. The molecule has 0 unspecified atom stereocenters. The van der Waals surface area contributed by atoms with Crippen molar-refractivity contribution in [1.29, 1.82) is 0 Å². The highest BCUT2D eigenvalue weighted by Gasteiger charge is 2.29. The molecule has 39 heavy (non-hydrogen) atoms. The molecular weight excluding hydrogens is 502 g/mol. The maximum absolute atomic E-state index is 12.8. The minimum absolute atomic E-state index is 0.00604. The summed E-state index contributed by atoms with van der Waals surface area (Å²) in [7, 11) is 0. The first kappa shape index (κ1) is 27.6. The van der Waals surface area contributed by atoms with E-state index in [1.807, 2.05) is 57.2 Å². The monoisotopic (exact) mass is 533 g/mol. The number of nitrogens with one attached hydrogen (secondary N) is 2. The summed E-state index contributed by atoms with van der Waals surface area (Å²) in [5.41, 5.74) is 3.89. The highest BCUT2D eigenvalue weighted by atomic mass is 16.6. The van der Waals surface area contributed by atoms with Crippen molar-refractivity contribution in [3.8, 4) is 16.9 Å². The van der Waals surface area contributed by atoms with E-state index in [0.29, 0.717) is 0 Å². The third-order valence-electron chi connectivity index (χ3n) is 6.13. The van der Waals surface area contributed by atoms with Gasteiger partial charge in [-0.05, 0) is 55.2 Å². The van der Waals surface area contributed by atoms with Gasteiger partial charge in [-0.25, -0.2) is 9.59 Å². The van der Waals surface area contributed by atoms with Crippen LogP contribution in [0.25, 0.3) is 11.1 Å². The van der Waals surface area contributed by atoms with Crippen LogP contribution in [0.2, 0.25) is 0 Å². The fourth-order valence-corrected chi connectivity index (χ4v) is 4.29. The van der Waals surface area contributed by atoms with Crippen LogP contribution in [0.3, 0.4) is 0 Å². The quantitative estimate of drug-likeness (QED) is 0.278. The number of nitro groups is 1. The highest BCUT2D eigenvalue weighted by molar-refractivity contribution is 5.79. The second kappa shape index (κ2) is 12.0. The number of non-ortho nitro benzene ring substituents is 1. The summed E-state index contributed by atoms with van der Waals surface area (Å²) in [6.45, 7) is 5.93. The molecule has 0 heterocycles. The Balaban J connectivity index is 1.34. The molecule has 204 valence electrons. The first-order chi connectivity index (χ1) is 18.6. The van der Waals surface area contributed by atoms with E-state index >= 15 is 0 Å². The van der Waals surface area contributed by atoms with Crippen LogP contribution >= 0.6 is 0 Å². The number of rotatable bonds is 9. The molecule has 3 aromatic rings. The average Bonchev–Trinajstić information content (AvgIpc) is 3.22. The van der Waals surface area contributed by atoms with Crippen molar-refractivity contribution in [2.24, 2.45) is 0 Å². The molecular formula is C29H31N3O7. The molecule has 4 rings (SSSR count). The van der Waals surface area contributed by atoms with E-state index in [1.165, 1.54) is 24.3 Å². The Labute approximate surface area is 226 Å². The van der Waals surface area contributed by atoms with Gasteiger partial charge in [0.1, 0.15) is 12.4 Å². The zero-order valence-corrected chi connectivity index (χ0v) is 22.0. The molecule has 1 aliphatic carbocycles. The Morgan fingerprint density at radius 3 is 2.08 bits per heavy atom. The van der Waals surface area contributed by atoms with Crippen LogP contribution in [-0.2, 0) is 9.47 Å². The molecule has 0 fully saturated rings. The van der Waals surface area contributed by atoms with Crippen LogP contribution in [0.15, 0.2) is 72.8 Å². The molecule has 1 aliphatic rings. The Bertz CT molecular complexity index is 1290. The van der Waals surface area contributed by atoms with Crippen LogP contribution in [0.1, 0.15) is 37.8 Å². The summed E-state index contributed by atoms with van der Waals surface area (Å²) in [5.74, 6) is 0.0623. The van der Waals surface area contributed by atoms with E-state index in [0.717, 1.165) is 22.3 Å². The van der Waals surface area contributed by atoms with E-state index in [2.05, 4.69) is 22.8 Å². The van der Waals surface area contributed by atoms with Crippen LogP contribution in [0, 0.1) is 10.1 Å². The van der Waals surface area contributed by atoms with E-state index in [4.69, 9.17) is 14.2 Å². The lowest BCUT2D eigenvalue weighted by atomic mass is 9.98. The van der Waals surface area contributed by atoms with Gasteiger partial charge >= 0.3 is 12.2 Å². The number of carbonyl (C=O) groups excluding carboxylic acids is 2. The summed E-state index contributed by atoms with van der Waals surface area (Å²) in [4.78, 5) is 35.3. The van der Waals surface area contributed by atoms with Crippen LogP contribution < -0.4 is 15.4 Å². The van der Waals surface area contributed by atoms with Gasteiger partial charge in [-0.15, -0.1) is 0 Å². The molecule has 0 bridgehead atoms. The minimum atomic E-state index is -0.779. The lowest BCUT2D eigenvalue weighted by molar-refractivity contribution is -0.384. The molecule has 0 spiro atoms. The van der Waals surface area contributed by atoms with Gasteiger partial charge in [0.05, 0.1) is 23.2 Å². The molecule has 10 nitrogen and oxygen atoms in total. The third kappa shape index (κ3) is 7.32. The molecule has 0 aromatic heterocycles. The lowest BCUT2D eigenvalue weighted by Crippen LogP contribution is -2.48. The number of ether oxygens (including phenoxy) is 3. The molecule has 0 radical (unpaired) electrons. The molecule has 2 N–H and O–H groups in total. The van der Waals surface area contributed by atoms with Crippen molar-refractivity contribution in [2.75, 3.05) is 19.8 Å². The van der Waals surface area contributed by atoms with Crippen molar-refractivity contribution >= 4 is 17.9 Å². The molecule has 2 amide bonds. The van der Waals surface area contributed by atoms with Crippen molar-refractivity contribution in [1.82, 2.24) is 10.6 Å². The van der Waals surface area contributed by atoms with Crippen LogP contribution in [-0.4, -0.2) is 48.5 Å². The Morgan fingerprint density at radius 1 is 0.923 bits per heavy atom. The molecule has 10 heteroatoms. The maximum atomic E-state index is 12.8. The summed E-state index contributed by atoms with van der Waals surface area (Å²) in [6, 6.07) is 20.7. The fourth-order valence-electron chi connectivity index (χ4n) is 4.29. The van der Waals surface area contributed by atoms with Crippen LogP contribution in [0.4, 0.5) is 15.3 Å². The number of alkyl carbamates (subject to hydrolysis) is 1. The van der Waals surface area contributed by atoms with Gasteiger partial charge in [0.2, 0.25) is 0 Å². The normalized spacial score (nSPS) is 13.1. The number of nitro benzene ring substituents is 1. The zero-order valence-electron chi connectivity index (χ0n) is 22.0. The zero-order chi connectivity index (χ0) is 28.0. The van der Waals surface area contributed by atoms with Gasteiger partial charge in [-0.2, -0.15) is 0 Å². The van der Waals surface area contributed by atoms with Crippen LogP contribution in [0.5, 0.6) is 5.75 Å². The standard InChI is InChI=1S/C29H31N3O7/c1-29(2,3)38-17-19(16-30-27(33)39-21-14-12-20(13-15-21)32(35)36)31-28(34)37-18-26-24-10-6-4-8-22(24)23-9-5-7-11-25(23)26/h4-15,19,26H,16-18H2,1-3H3,(H,30,33)(H,31,34)/t19-/m0/s1. The molecule has 0 aliphatic heterocycles. The largest absolute Gasteiger partial charge is 0.449 e. The van der Waals surface area contributed by atoms with Crippen molar-refractivity contribution in [3.63, 3.8) is 0 Å². The van der Waals surface area contributed by atoms with Gasteiger partial charge < -0.3 is 24.8 Å². The minimum Gasteiger partial charge on any atom is -0.449 e. The number of fused-ring (bicyclic) bond motifs is 3. The number of nitrogens with zero attached hydrogens (tertiary/aromatic N) is 1. The first-order valence-electron chi connectivity index (χ1n) is 12.6. The first-order valence-corrected chi connectivity index (χ1v) is 12.6. The van der Waals surface area contributed by atoms with Crippen molar-refractivity contribution in [2.45, 2.75) is 38.3 Å². The molecule has 0 saturated carbocycles. The van der Waals surface area contributed by atoms with E-state index in [9.17, 15) is 19.7 Å². The highest BCUT2D eigenvalue weighted by Crippen LogP contribution is 2.44. The number of amides is 2. The number of hydrogen-bond acceptors (Lipinski definition) is 7. The SMILES string of the molecule is CC(C)(C)OC[C@H](CNC(=O)Oc1ccc([N+](=O)[O-])cc1)NC(=O)OCC1c2ccccc2-c2ccccc21. The van der Waals surface area contributed by atoms with Crippen molar-refractivity contribution < 1.29 is 28.7 Å². The fraction of sp³-hybridized carbons (Fsp3) is 0.310. The van der Waals surface area contributed by atoms with Gasteiger partial charge in [0, 0.05) is 24.6 Å². The maximum Gasteiger partial charge on any atom is 0.412 e. The smallest absolute Gasteiger partial charge is 0.412 e. The molecule has 1 atom stereocenters. The second-order valence-corrected chi connectivity index (χ2v) is 10.1. The molecule has 0 saturated heterocycles. The Morgan fingerprint density at radius 2 is 1.51 bits per heavy atom. The lowest BCUT2D eigenvalue weighted by Gasteiger charge is -2.25. The topological polar surface area (TPSA) is 129 Å². The number of hydrogen-bond donors (Lipinski definition) is 2. The number of carbonyl (C=O) groups is 2. The van der Waals surface area contributed by atoms with Gasteiger partial charge in [0.25, 0.3) is 5.69 Å².